The van der Waals surface area contributed by atoms with Gasteiger partial charge in [-0.1, -0.05) is 29.6 Å². The Bertz CT molecular complexity index is 1180. The molecule has 1 aromatic carbocycles. The van der Waals surface area contributed by atoms with Crippen LogP contribution >= 0.6 is 0 Å². The number of fused-ring (bicyclic) bond motifs is 2. The van der Waals surface area contributed by atoms with Gasteiger partial charge in [0.2, 0.25) is 5.91 Å². The van der Waals surface area contributed by atoms with Crippen molar-refractivity contribution in [2.24, 2.45) is 0 Å². The highest BCUT2D eigenvalue weighted by Crippen LogP contribution is 2.55. The number of aromatic nitrogens is 3. The van der Waals surface area contributed by atoms with Gasteiger partial charge >= 0.3 is 0 Å². The highest BCUT2D eigenvalue weighted by atomic mass is 32.2. The van der Waals surface area contributed by atoms with E-state index in [2.05, 4.69) is 15.0 Å². The van der Waals surface area contributed by atoms with Crippen molar-refractivity contribution < 1.29 is 13.6 Å². The summed E-state index contributed by atoms with van der Waals surface area (Å²) in [4.78, 5) is 28.0. The van der Waals surface area contributed by atoms with Crippen molar-refractivity contribution in [3.63, 3.8) is 0 Å². The Morgan fingerprint density at radius 3 is 2.53 bits per heavy atom. The molecule has 2 aliphatic rings. The van der Waals surface area contributed by atoms with Crippen LogP contribution in [0.25, 0.3) is 11.1 Å². The third-order valence-corrected chi connectivity index (χ3v) is 6.58. The van der Waals surface area contributed by atoms with Gasteiger partial charge in [0.15, 0.2) is 0 Å². The second kappa shape index (κ2) is 7.07. The zero-order chi connectivity index (χ0) is 20.9. The Labute approximate surface area is 176 Å². The fraction of sp³-hybridized carbons (Fsp3) is 0.273. The number of carbonyl (C=O) groups is 1. The van der Waals surface area contributed by atoms with Crippen LogP contribution < -0.4 is 4.90 Å². The summed E-state index contributed by atoms with van der Waals surface area (Å²) in [5, 5.41) is 0. The van der Waals surface area contributed by atoms with Gasteiger partial charge in [-0.25, -0.2) is 9.97 Å². The van der Waals surface area contributed by atoms with Gasteiger partial charge in [0.25, 0.3) is 0 Å². The first-order valence-electron chi connectivity index (χ1n) is 9.76. The lowest BCUT2D eigenvalue weighted by Gasteiger charge is -2.37. The molecule has 3 aromatic rings. The Kier molecular flexibility index (Phi) is 4.48. The number of hydrogen-bond donors (Lipinski definition) is 0. The molecule has 1 saturated carbocycles. The third kappa shape index (κ3) is 2.95. The average Bonchev–Trinajstić information content (AvgIpc) is 2.95. The van der Waals surface area contributed by atoms with E-state index in [0.717, 1.165) is 41.6 Å². The van der Waals surface area contributed by atoms with Gasteiger partial charge in [0.1, 0.15) is 5.82 Å². The second-order valence-corrected chi connectivity index (χ2v) is 8.72. The van der Waals surface area contributed by atoms with Crippen LogP contribution in [-0.4, -0.2) is 29.6 Å². The molecule has 0 saturated heterocycles. The van der Waals surface area contributed by atoms with Gasteiger partial charge < -0.3 is 4.55 Å². The first-order chi connectivity index (χ1) is 14.5. The number of carbonyl (C=O) groups excluding carboxylic acids is 1. The predicted molar refractivity (Wildman–Crippen MR) is 112 cm³/mol. The molecule has 7 nitrogen and oxygen atoms in total. The normalized spacial score (nSPS) is 17.7. The second-order valence-electron chi connectivity index (χ2n) is 7.83. The monoisotopic (exact) mass is 419 g/mol. The fourth-order valence-electron chi connectivity index (χ4n) is 4.36. The maximum atomic E-state index is 13.5. The van der Waals surface area contributed by atoms with Gasteiger partial charge in [0.05, 0.1) is 23.0 Å². The summed E-state index contributed by atoms with van der Waals surface area (Å²) in [7, 11) is 0. The van der Waals surface area contributed by atoms with E-state index in [1.54, 1.807) is 29.6 Å². The summed E-state index contributed by atoms with van der Waals surface area (Å²) in [6.45, 7) is 1.84. The van der Waals surface area contributed by atoms with Crippen molar-refractivity contribution in [3.8, 4) is 11.1 Å². The maximum Gasteiger partial charge on any atom is 0.242 e. The molecular weight excluding hydrogens is 400 g/mol. The molecule has 0 N–H and O–H groups in total. The first-order valence-corrected chi connectivity index (χ1v) is 11.0. The van der Waals surface area contributed by atoms with Crippen LogP contribution in [0.3, 0.4) is 0 Å². The summed E-state index contributed by atoms with van der Waals surface area (Å²) < 4.78 is 22.3. The molecule has 0 bridgehead atoms. The summed E-state index contributed by atoms with van der Waals surface area (Å²) >= 11 is -2.22. The predicted octanol–water partition coefficient (Wildman–Crippen LogP) is 3.33. The molecule has 1 aliphatic heterocycles. The smallest absolute Gasteiger partial charge is 0.242 e. The van der Waals surface area contributed by atoms with Gasteiger partial charge in [0, 0.05) is 29.9 Å². The molecule has 152 valence electrons. The average molecular weight is 419 g/mol. The highest BCUT2D eigenvalue weighted by molar-refractivity contribution is 7.78. The van der Waals surface area contributed by atoms with Crippen LogP contribution in [-0.2, 0) is 27.0 Å². The van der Waals surface area contributed by atoms with Crippen LogP contribution in [0.15, 0.2) is 49.1 Å². The standard InChI is InChI=1S/C22H20N4O3S/c1-14-24-10-17(11-25-14)16-3-4-19-20(8-16)26(21(27)22(19)5-2-6-22)18-7-15(9-23-12-18)13-30(28)29/h3-4,7-12H,2,5-6,13H2,1H3,(H,28,29)/p-1. The number of nitrogens with zero attached hydrogens (tertiary/aromatic N) is 4. The van der Waals surface area contributed by atoms with Crippen molar-refractivity contribution in [1.82, 2.24) is 15.0 Å². The van der Waals surface area contributed by atoms with Crippen molar-refractivity contribution in [2.75, 3.05) is 4.90 Å². The van der Waals surface area contributed by atoms with E-state index in [1.807, 2.05) is 25.1 Å². The van der Waals surface area contributed by atoms with Crippen LogP contribution in [0.4, 0.5) is 11.4 Å². The minimum atomic E-state index is -2.22. The lowest BCUT2D eigenvalue weighted by atomic mass is 9.65. The Hall–Kier alpha value is -2.97. The molecule has 2 aromatic heterocycles. The van der Waals surface area contributed by atoms with Gasteiger partial charge in [-0.3, -0.25) is 18.9 Å². The van der Waals surface area contributed by atoms with E-state index in [0.29, 0.717) is 17.1 Å². The fourth-order valence-corrected chi connectivity index (χ4v) is 4.79. The largest absolute Gasteiger partial charge is 0.772 e. The molecule has 30 heavy (non-hydrogen) atoms. The molecule has 1 fully saturated rings. The minimum Gasteiger partial charge on any atom is -0.772 e. The number of anilines is 2. The Balaban J connectivity index is 1.63. The van der Waals surface area contributed by atoms with Crippen LogP contribution in [0.5, 0.6) is 0 Å². The number of aryl methyl sites for hydroxylation is 1. The van der Waals surface area contributed by atoms with E-state index in [1.165, 1.54) is 6.20 Å². The quantitative estimate of drug-likeness (QED) is 0.602. The molecule has 1 unspecified atom stereocenters. The number of pyridine rings is 1. The van der Waals surface area contributed by atoms with Crippen molar-refractivity contribution >= 4 is 28.4 Å². The number of amides is 1. The SMILES string of the molecule is Cc1ncc(-c2ccc3c(c2)N(c2cncc(CS(=O)[O-])c2)C(=O)C32CCC2)cn1. The van der Waals surface area contributed by atoms with E-state index in [4.69, 9.17) is 0 Å². The Morgan fingerprint density at radius 2 is 1.87 bits per heavy atom. The zero-order valence-corrected chi connectivity index (χ0v) is 17.2. The number of benzene rings is 1. The zero-order valence-electron chi connectivity index (χ0n) is 16.4. The lowest BCUT2D eigenvalue weighted by Crippen LogP contribution is -2.43. The van der Waals surface area contributed by atoms with E-state index < -0.39 is 16.5 Å². The molecule has 8 heteroatoms. The summed E-state index contributed by atoms with van der Waals surface area (Å²) in [6.07, 6.45) is 9.32. The van der Waals surface area contributed by atoms with Crippen molar-refractivity contribution in [3.05, 3.63) is 66.0 Å². The number of rotatable bonds is 4. The first kappa shape index (κ1) is 19.0. The van der Waals surface area contributed by atoms with Crippen LogP contribution in [0.1, 0.15) is 36.2 Å². The third-order valence-electron chi connectivity index (χ3n) is 6.01. The van der Waals surface area contributed by atoms with E-state index >= 15 is 0 Å². The topological polar surface area (TPSA) is 99.1 Å². The van der Waals surface area contributed by atoms with Gasteiger partial charge in [-0.15, -0.1) is 0 Å². The number of hydrogen-bond acceptors (Lipinski definition) is 6. The van der Waals surface area contributed by atoms with Crippen LogP contribution in [0.2, 0.25) is 0 Å². The molecule has 1 spiro atoms. The molecular formula is C22H19N4O3S-. The molecule has 1 atom stereocenters. The van der Waals surface area contributed by atoms with E-state index in [9.17, 15) is 13.6 Å². The summed E-state index contributed by atoms with van der Waals surface area (Å²) in [6, 6.07) is 7.76. The molecule has 0 radical (unpaired) electrons. The van der Waals surface area contributed by atoms with Gasteiger partial charge in [-0.2, -0.15) is 0 Å². The molecule has 1 amide bonds. The van der Waals surface area contributed by atoms with Crippen molar-refractivity contribution in [2.45, 2.75) is 37.4 Å². The lowest BCUT2D eigenvalue weighted by molar-refractivity contribution is -0.125. The van der Waals surface area contributed by atoms with Gasteiger partial charge in [-0.05, 0) is 48.6 Å². The maximum absolute atomic E-state index is 13.5. The summed E-state index contributed by atoms with van der Waals surface area (Å²) in [5.74, 6) is 0.591. The van der Waals surface area contributed by atoms with Crippen molar-refractivity contribution in [1.29, 1.82) is 0 Å². The summed E-state index contributed by atoms with van der Waals surface area (Å²) in [5.41, 5.74) is 4.28. The van der Waals surface area contributed by atoms with E-state index in [-0.39, 0.29) is 11.7 Å². The molecule has 3 heterocycles. The molecule has 5 rings (SSSR count). The Morgan fingerprint density at radius 1 is 1.10 bits per heavy atom. The molecule has 1 aliphatic carbocycles. The minimum absolute atomic E-state index is 0.0308. The highest BCUT2D eigenvalue weighted by Gasteiger charge is 2.54. The van der Waals surface area contributed by atoms with Crippen LogP contribution in [0, 0.1) is 6.92 Å².